The molecule has 3 rings (SSSR count). The van der Waals surface area contributed by atoms with E-state index in [2.05, 4.69) is 5.10 Å². The molecule has 0 aliphatic carbocycles. The topological polar surface area (TPSA) is 78.9 Å². The van der Waals surface area contributed by atoms with Crippen molar-refractivity contribution < 1.29 is 5.11 Å². The van der Waals surface area contributed by atoms with Crippen LogP contribution in [-0.2, 0) is 6.54 Å². The summed E-state index contributed by atoms with van der Waals surface area (Å²) in [5, 5.41) is 24.5. The van der Waals surface area contributed by atoms with E-state index in [-0.39, 0.29) is 12.1 Å². The number of rotatable bonds is 3. The number of fused-ring (bicyclic) bond motifs is 1. The van der Waals surface area contributed by atoms with Gasteiger partial charge in [-0.15, -0.1) is 0 Å². The van der Waals surface area contributed by atoms with Crippen molar-refractivity contribution in [3.05, 3.63) is 76.2 Å². The zero-order chi connectivity index (χ0) is 15.5. The Morgan fingerprint density at radius 2 is 1.91 bits per heavy atom. The average molecular weight is 291 g/mol. The van der Waals surface area contributed by atoms with Gasteiger partial charge in [0.1, 0.15) is 0 Å². The summed E-state index contributed by atoms with van der Waals surface area (Å²) in [6, 6.07) is 15.9. The summed E-state index contributed by atoms with van der Waals surface area (Å²) in [5.41, 5.74) is 0.934. The summed E-state index contributed by atoms with van der Waals surface area (Å²) >= 11 is 0. The van der Waals surface area contributed by atoms with Crippen LogP contribution in [0.4, 0.5) is 0 Å². The van der Waals surface area contributed by atoms with Crippen molar-refractivity contribution in [3.8, 4) is 6.07 Å². The number of aliphatic hydroxyl groups excluding tert-OH is 1. The van der Waals surface area contributed by atoms with Crippen LogP contribution in [0.25, 0.3) is 10.8 Å². The quantitative estimate of drug-likeness (QED) is 0.800. The number of aromatic nitrogens is 2. The summed E-state index contributed by atoms with van der Waals surface area (Å²) in [5.74, 6) is 0. The molecular weight excluding hydrogens is 278 g/mol. The Bertz CT molecular complexity index is 908. The maximum atomic E-state index is 12.3. The molecule has 2 aromatic carbocycles. The van der Waals surface area contributed by atoms with Gasteiger partial charge in [-0.05, 0) is 23.8 Å². The Hall–Kier alpha value is -2.97. The van der Waals surface area contributed by atoms with Gasteiger partial charge in [0, 0.05) is 5.39 Å². The lowest BCUT2D eigenvalue weighted by molar-refractivity contribution is 0.149. The van der Waals surface area contributed by atoms with Crippen molar-refractivity contribution in [1.29, 1.82) is 5.26 Å². The largest absolute Gasteiger partial charge is 0.386 e. The van der Waals surface area contributed by atoms with Gasteiger partial charge in [0.05, 0.1) is 35.9 Å². The van der Waals surface area contributed by atoms with Gasteiger partial charge in [0.2, 0.25) is 0 Å². The standard InChI is InChI=1S/C17H13N3O2/c18-9-12-5-7-13(8-6-12)16(21)11-20-17(22)15-4-2-1-3-14(15)10-19-20/h1-8,10,16,21H,11H2. The van der Waals surface area contributed by atoms with Crippen molar-refractivity contribution in [2.24, 2.45) is 0 Å². The van der Waals surface area contributed by atoms with Crippen LogP contribution in [0.15, 0.2) is 59.5 Å². The van der Waals surface area contributed by atoms with Crippen LogP contribution in [0.2, 0.25) is 0 Å². The van der Waals surface area contributed by atoms with Crippen LogP contribution in [0.1, 0.15) is 17.2 Å². The van der Waals surface area contributed by atoms with Gasteiger partial charge in [0.15, 0.2) is 0 Å². The highest BCUT2D eigenvalue weighted by Crippen LogP contribution is 2.15. The second kappa shape index (κ2) is 5.80. The minimum atomic E-state index is -0.862. The van der Waals surface area contributed by atoms with E-state index >= 15 is 0 Å². The van der Waals surface area contributed by atoms with Crippen LogP contribution in [-0.4, -0.2) is 14.9 Å². The molecule has 0 radical (unpaired) electrons. The minimum absolute atomic E-state index is 0.0650. The van der Waals surface area contributed by atoms with Crippen LogP contribution in [0, 0.1) is 11.3 Å². The number of hydrogen-bond donors (Lipinski definition) is 1. The van der Waals surface area contributed by atoms with E-state index in [1.165, 1.54) is 4.68 Å². The fourth-order valence-corrected chi connectivity index (χ4v) is 2.31. The van der Waals surface area contributed by atoms with Gasteiger partial charge >= 0.3 is 0 Å². The third-order valence-electron chi connectivity index (χ3n) is 3.53. The number of aliphatic hydroxyl groups is 1. The molecule has 108 valence electrons. The van der Waals surface area contributed by atoms with Crippen LogP contribution in [0.3, 0.4) is 0 Å². The van der Waals surface area contributed by atoms with Gasteiger partial charge in [0.25, 0.3) is 5.56 Å². The third kappa shape index (κ3) is 2.60. The fraction of sp³-hybridized carbons (Fsp3) is 0.118. The minimum Gasteiger partial charge on any atom is -0.386 e. The molecule has 0 aliphatic heterocycles. The van der Waals surface area contributed by atoms with Crippen LogP contribution >= 0.6 is 0 Å². The number of nitriles is 1. The molecule has 0 aliphatic rings. The van der Waals surface area contributed by atoms with Gasteiger partial charge < -0.3 is 5.11 Å². The molecule has 1 aromatic heterocycles. The Labute approximate surface area is 126 Å². The summed E-state index contributed by atoms with van der Waals surface area (Å²) in [6.07, 6.45) is 0.751. The molecule has 3 aromatic rings. The Morgan fingerprint density at radius 1 is 1.18 bits per heavy atom. The molecule has 0 saturated heterocycles. The van der Waals surface area contributed by atoms with Gasteiger partial charge in [-0.2, -0.15) is 10.4 Å². The lowest BCUT2D eigenvalue weighted by Gasteiger charge is -2.12. The molecular formula is C17H13N3O2. The van der Waals surface area contributed by atoms with Gasteiger partial charge in [-0.3, -0.25) is 4.79 Å². The predicted octanol–water partition coefficient (Wildman–Crippen LogP) is 2.00. The van der Waals surface area contributed by atoms with Crippen molar-refractivity contribution in [1.82, 2.24) is 9.78 Å². The number of hydrogen-bond acceptors (Lipinski definition) is 4. The molecule has 0 spiro atoms. The molecule has 1 heterocycles. The van der Waals surface area contributed by atoms with E-state index in [1.807, 2.05) is 18.2 Å². The van der Waals surface area contributed by atoms with Gasteiger partial charge in [-0.1, -0.05) is 30.3 Å². The average Bonchev–Trinajstić information content (AvgIpc) is 2.57. The van der Waals surface area contributed by atoms with E-state index < -0.39 is 6.10 Å². The summed E-state index contributed by atoms with van der Waals surface area (Å²) in [6.45, 7) is 0.0650. The molecule has 1 N–H and O–H groups in total. The monoisotopic (exact) mass is 291 g/mol. The van der Waals surface area contributed by atoms with Crippen LogP contribution < -0.4 is 5.56 Å². The highest BCUT2D eigenvalue weighted by atomic mass is 16.3. The van der Waals surface area contributed by atoms with E-state index in [4.69, 9.17) is 5.26 Å². The smallest absolute Gasteiger partial charge is 0.274 e. The molecule has 5 heteroatoms. The van der Waals surface area contributed by atoms with Crippen molar-refractivity contribution in [3.63, 3.8) is 0 Å². The van der Waals surface area contributed by atoms with E-state index in [0.717, 1.165) is 5.39 Å². The molecule has 22 heavy (non-hydrogen) atoms. The normalized spacial score (nSPS) is 12.0. The zero-order valence-electron chi connectivity index (χ0n) is 11.7. The first-order valence-corrected chi connectivity index (χ1v) is 6.82. The van der Waals surface area contributed by atoms with Gasteiger partial charge in [-0.25, -0.2) is 4.68 Å². The highest BCUT2D eigenvalue weighted by molar-refractivity contribution is 5.80. The highest BCUT2D eigenvalue weighted by Gasteiger charge is 2.11. The molecule has 0 bridgehead atoms. The van der Waals surface area contributed by atoms with E-state index in [0.29, 0.717) is 16.5 Å². The molecule has 1 atom stereocenters. The third-order valence-corrected chi connectivity index (χ3v) is 3.53. The SMILES string of the molecule is N#Cc1ccc(C(O)Cn2ncc3ccccc3c2=O)cc1. The fourth-order valence-electron chi connectivity index (χ4n) is 2.31. The second-order valence-electron chi connectivity index (χ2n) is 4.97. The molecule has 0 amide bonds. The zero-order valence-corrected chi connectivity index (χ0v) is 11.7. The first-order chi connectivity index (χ1) is 10.7. The van der Waals surface area contributed by atoms with Crippen molar-refractivity contribution >= 4 is 10.8 Å². The van der Waals surface area contributed by atoms with E-state index in [9.17, 15) is 9.90 Å². The number of benzene rings is 2. The van der Waals surface area contributed by atoms with Crippen molar-refractivity contribution in [2.75, 3.05) is 0 Å². The summed E-state index contributed by atoms with van der Waals surface area (Å²) < 4.78 is 1.26. The lowest BCUT2D eigenvalue weighted by atomic mass is 10.1. The van der Waals surface area contributed by atoms with Crippen LogP contribution in [0.5, 0.6) is 0 Å². The molecule has 5 nitrogen and oxygen atoms in total. The molecule has 1 unspecified atom stereocenters. The predicted molar refractivity (Wildman–Crippen MR) is 82.1 cm³/mol. The first kappa shape index (κ1) is 14.0. The Balaban J connectivity index is 1.90. The maximum Gasteiger partial charge on any atom is 0.274 e. The Morgan fingerprint density at radius 3 is 2.64 bits per heavy atom. The summed E-state index contributed by atoms with van der Waals surface area (Å²) in [7, 11) is 0. The maximum absolute atomic E-state index is 12.3. The second-order valence-corrected chi connectivity index (χ2v) is 4.97. The lowest BCUT2D eigenvalue weighted by Crippen LogP contribution is -2.25. The Kier molecular flexibility index (Phi) is 3.69. The first-order valence-electron chi connectivity index (χ1n) is 6.82. The molecule has 0 fully saturated rings. The number of nitrogens with zero attached hydrogens (tertiary/aromatic N) is 3. The summed E-state index contributed by atoms with van der Waals surface area (Å²) in [4.78, 5) is 12.3. The molecule has 0 saturated carbocycles. The van der Waals surface area contributed by atoms with Crippen molar-refractivity contribution in [2.45, 2.75) is 12.6 Å². The van der Waals surface area contributed by atoms with E-state index in [1.54, 1.807) is 42.6 Å².